The number of carboxylic acid groups (broad SMARTS) is 1. The molecule has 2 aliphatic rings. The van der Waals surface area contributed by atoms with Gasteiger partial charge in [0, 0.05) is 17.4 Å². The lowest BCUT2D eigenvalue weighted by Crippen LogP contribution is -2.70. The highest BCUT2D eigenvalue weighted by molar-refractivity contribution is 8.00. The molecular weight excluding hydrogens is 324 g/mol. The van der Waals surface area contributed by atoms with E-state index >= 15 is 0 Å². The summed E-state index contributed by atoms with van der Waals surface area (Å²) in [7, 11) is 0. The number of benzene rings is 1. The smallest absolute Gasteiger partial charge is 0.352 e. The number of fused-ring (bicyclic) bond motifs is 1. The molecule has 2 aliphatic heterocycles. The number of carbonyl (C=O) groups is 3. The molecule has 0 saturated carbocycles. The van der Waals surface area contributed by atoms with Crippen LogP contribution in [0.15, 0.2) is 30.0 Å². The number of carboxylic acids is 1. The van der Waals surface area contributed by atoms with E-state index in [-0.39, 0.29) is 22.8 Å². The Morgan fingerprint density at radius 2 is 1.87 bits per heavy atom. The van der Waals surface area contributed by atoms with Crippen LogP contribution in [0.1, 0.15) is 10.4 Å². The molecule has 0 radical (unpaired) electrons. The molecule has 1 unspecified atom stereocenters. The highest BCUT2D eigenvalue weighted by Crippen LogP contribution is 2.37. The lowest BCUT2D eigenvalue weighted by Gasteiger charge is -2.48. The normalized spacial score (nSPS) is 22.7. The lowest BCUT2D eigenvalue weighted by atomic mass is 10.0. The fourth-order valence-electron chi connectivity index (χ4n) is 2.49. The van der Waals surface area contributed by atoms with Crippen molar-refractivity contribution in [1.29, 1.82) is 0 Å². The Bertz CT molecular complexity index is 727. The molecule has 1 saturated heterocycles. The van der Waals surface area contributed by atoms with Crippen molar-refractivity contribution in [3.05, 3.63) is 35.5 Å². The molecule has 0 spiro atoms. The van der Waals surface area contributed by atoms with Crippen LogP contribution in [0.3, 0.4) is 0 Å². The van der Waals surface area contributed by atoms with E-state index in [2.05, 4.69) is 5.32 Å². The summed E-state index contributed by atoms with van der Waals surface area (Å²) in [5, 5.41) is 29.9. The molecule has 1 aromatic rings. The molecule has 23 heavy (non-hydrogen) atoms. The van der Waals surface area contributed by atoms with Gasteiger partial charge in [-0.1, -0.05) is 0 Å². The van der Waals surface area contributed by atoms with Gasteiger partial charge in [-0.3, -0.25) is 14.5 Å². The summed E-state index contributed by atoms with van der Waals surface area (Å²) in [6.07, 6.45) is 1.45. The van der Waals surface area contributed by atoms with E-state index in [1.807, 2.05) is 0 Å². The predicted molar refractivity (Wildman–Crippen MR) is 79.8 cm³/mol. The second kappa shape index (κ2) is 5.51. The Labute approximate surface area is 134 Å². The van der Waals surface area contributed by atoms with Gasteiger partial charge in [0.15, 0.2) is 0 Å². The Kier molecular flexibility index (Phi) is 3.64. The van der Waals surface area contributed by atoms with Gasteiger partial charge in [0.1, 0.15) is 28.6 Å². The second-order valence-electron chi connectivity index (χ2n) is 5.02. The van der Waals surface area contributed by atoms with Crippen molar-refractivity contribution in [2.45, 2.75) is 11.4 Å². The molecule has 0 bridgehead atoms. The first-order valence-corrected chi connectivity index (χ1v) is 7.65. The molecule has 120 valence electrons. The minimum Gasteiger partial charge on any atom is -0.508 e. The highest BCUT2D eigenvalue weighted by atomic mass is 32.2. The zero-order valence-electron chi connectivity index (χ0n) is 11.6. The monoisotopic (exact) mass is 336 g/mol. The molecule has 9 heteroatoms. The molecule has 8 nitrogen and oxygen atoms in total. The number of aromatic hydroxyl groups is 2. The Morgan fingerprint density at radius 3 is 2.48 bits per heavy atom. The van der Waals surface area contributed by atoms with E-state index in [0.29, 0.717) is 5.75 Å². The van der Waals surface area contributed by atoms with E-state index in [9.17, 15) is 24.6 Å². The van der Waals surface area contributed by atoms with Crippen LogP contribution in [0.2, 0.25) is 0 Å². The maximum Gasteiger partial charge on any atom is 0.352 e. The third kappa shape index (κ3) is 2.59. The first kappa shape index (κ1) is 15.2. The van der Waals surface area contributed by atoms with Crippen molar-refractivity contribution in [1.82, 2.24) is 10.2 Å². The van der Waals surface area contributed by atoms with E-state index in [4.69, 9.17) is 5.11 Å². The van der Waals surface area contributed by atoms with E-state index < -0.39 is 29.2 Å². The minimum absolute atomic E-state index is 0.00330. The molecular formula is C14H12N2O6S. The zero-order valence-corrected chi connectivity index (χ0v) is 12.4. The van der Waals surface area contributed by atoms with Gasteiger partial charge in [0.05, 0.1) is 0 Å². The topological polar surface area (TPSA) is 127 Å². The summed E-state index contributed by atoms with van der Waals surface area (Å²) < 4.78 is 0. The van der Waals surface area contributed by atoms with Crippen molar-refractivity contribution in [2.75, 3.05) is 5.75 Å². The molecule has 1 fully saturated rings. The number of phenols is 2. The first-order chi connectivity index (χ1) is 10.9. The van der Waals surface area contributed by atoms with Crippen molar-refractivity contribution in [3.8, 4) is 11.5 Å². The predicted octanol–water partition coefficient (Wildman–Crippen LogP) is 0.0798. The van der Waals surface area contributed by atoms with Gasteiger partial charge < -0.3 is 20.6 Å². The van der Waals surface area contributed by atoms with Crippen LogP contribution in [-0.2, 0) is 9.59 Å². The fourth-order valence-corrected chi connectivity index (χ4v) is 3.68. The van der Waals surface area contributed by atoms with Crippen molar-refractivity contribution < 1.29 is 29.7 Å². The average Bonchev–Trinajstić information content (AvgIpc) is 2.50. The van der Waals surface area contributed by atoms with Crippen LogP contribution < -0.4 is 5.32 Å². The summed E-state index contributed by atoms with van der Waals surface area (Å²) in [5.41, 5.74) is -0.0807. The Hall–Kier alpha value is -2.68. The number of amides is 2. The number of hydrogen-bond donors (Lipinski definition) is 4. The van der Waals surface area contributed by atoms with Crippen LogP contribution in [0.4, 0.5) is 0 Å². The van der Waals surface area contributed by atoms with Crippen LogP contribution >= 0.6 is 11.8 Å². The van der Waals surface area contributed by atoms with Gasteiger partial charge in [-0.05, 0) is 18.2 Å². The number of aliphatic carboxylic acids is 1. The molecule has 0 aromatic heterocycles. The molecule has 4 N–H and O–H groups in total. The summed E-state index contributed by atoms with van der Waals surface area (Å²) in [5.74, 6) is -2.46. The summed E-state index contributed by atoms with van der Waals surface area (Å²) in [4.78, 5) is 36.5. The Balaban J connectivity index is 1.75. The molecule has 0 aliphatic carbocycles. The number of hydrogen-bond acceptors (Lipinski definition) is 6. The van der Waals surface area contributed by atoms with E-state index in [0.717, 1.165) is 23.1 Å². The standard InChI is InChI=1S/C14H12N2O6S/c17-7-3-6(4-8(18)5-7)11(19)15-10-12(20)16-9(14(21)22)1-2-23-13(10)16/h1,3-5,10,13,17-18H,2H2,(H,15,19)(H,21,22)/t10?,13-/m0/s1. The summed E-state index contributed by atoms with van der Waals surface area (Å²) >= 11 is 1.34. The van der Waals surface area contributed by atoms with Gasteiger partial charge in [-0.15, -0.1) is 11.8 Å². The summed E-state index contributed by atoms with van der Waals surface area (Å²) in [6, 6.07) is 2.55. The number of carbonyl (C=O) groups excluding carboxylic acids is 2. The maximum atomic E-state index is 12.1. The largest absolute Gasteiger partial charge is 0.508 e. The molecule has 2 atom stereocenters. The zero-order chi connectivity index (χ0) is 16.7. The van der Waals surface area contributed by atoms with Crippen LogP contribution in [0, 0.1) is 0 Å². The number of thioether (sulfide) groups is 1. The SMILES string of the molecule is O=C(O)C1=CCS[C@H]2C(NC(=O)c3cc(O)cc(O)c3)C(=O)N12. The number of phenolic OH excluding ortho intramolecular Hbond substituents is 2. The van der Waals surface area contributed by atoms with Crippen molar-refractivity contribution in [2.24, 2.45) is 0 Å². The van der Waals surface area contributed by atoms with Crippen molar-refractivity contribution >= 4 is 29.5 Å². The third-order valence-corrected chi connectivity index (χ3v) is 4.70. The van der Waals surface area contributed by atoms with Crippen LogP contribution in [-0.4, -0.2) is 55.2 Å². The van der Waals surface area contributed by atoms with Gasteiger partial charge in [0.2, 0.25) is 0 Å². The van der Waals surface area contributed by atoms with Crippen LogP contribution in [0.5, 0.6) is 11.5 Å². The van der Waals surface area contributed by atoms with Crippen LogP contribution in [0.25, 0.3) is 0 Å². The van der Waals surface area contributed by atoms with E-state index in [1.165, 1.54) is 17.8 Å². The minimum atomic E-state index is -1.19. The molecule has 1 aromatic carbocycles. The van der Waals surface area contributed by atoms with Gasteiger partial charge in [-0.2, -0.15) is 0 Å². The quantitative estimate of drug-likeness (QED) is 0.576. The third-order valence-electron chi connectivity index (χ3n) is 3.52. The second-order valence-corrected chi connectivity index (χ2v) is 6.17. The maximum absolute atomic E-state index is 12.1. The van der Waals surface area contributed by atoms with Crippen molar-refractivity contribution in [3.63, 3.8) is 0 Å². The molecule has 2 amide bonds. The van der Waals surface area contributed by atoms with E-state index in [1.54, 1.807) is 0 Å². The number of rotatable bonds is 3. The fraction of sp³-hybridized carbons (Fsp3) is 0.214. The Morgan fingerprint density at radius 1 is 1.22 bits per heavy atom. The highest BCUT2D eigenvalue weighted by Gasteiger charge is 2.52. The molecule has 2 heterocycles. The first-order valence-electron chi connectivity index (χ1n) is 6.60. The number of β-lactam (4-membered cyclic amide) rings is 1. The lowest BCUT2D eigenvalue weighted by molar-refractivity contribution is -0.148. The number of nitrogens with one attached hydrogen (secondary N) is 1. The average molecular weight is 336 g/mol. The number of nitrogens with zero attached hydrogens (tertiary/aromatic N) is 1. The molecule has 3 rings (SSSR count). The summed E-state index contributed by atoms with van der Waals surface area (Å²) in [6.45, 7) is 0. The van der Waals surface area contributed by atoms with Gasteiger partial charge >= 0.3 is 5.97 Å². The van der Waals surface area contributed by atoms with Gasteiger partial charge in [0.25, 0.3) is 11.8 Å². The van der Waals surface area contributed by atoms with Gasteiger partial charge in [-0.25, -0.2) is 4.79 Å².